The molecule has 194 valence electrons. The third kappa shape index (κ3) is 9.11. The molecule has 0 aromatic heterocycles. The number of aryl methyl sites for hydroxylation is 1. The largest absolute Gasteiger partial charge is 0.497 e. The molecule has 0 heterocycles. The summed E-state index contributed by atoms with van der Waals surface area (Å²) in [5, 5.41) is 5.34. The van der Waals surface area contributed by atoms with Gasteiger partial charge in [-0.3, -0.25) is 14.4 Å². The van der Waals surface area contributed by atoms with Crippen LogP contribution in [0.15, 0.2) is 78.9 Å². The summed E-state index contributed by atoms with van der Waals surface area (Å²) in [6, 6.07) is 24.0. The second-order valence-corrected chi connectivity index (χ2v) is 8.85. The van der Waals surface area contributed by atoms with Gasteiger partial charge in [0.25, 0.3) is 5.91 Å². The predicted molar refractivity (Wildman–Crippen MR) is 145 cm³/mol. The van der Waals surface area contributed by atoms with Gasteiger partial charge in [0.2, 0.25) is 11.8 Å². The minimum absolute atomic E-state index is 0.165. The quantitative estimate of drug-likeness (QED) is 0.329. The Morgan fingerprint density at radius 2 is 1.51 bits per heavy atom. The molecular formula is C30H35N3O4. The fourth-order valence-corrected chi connectivity index (χ4v) is 3.87. The van der Waals surface area contributed by atoms with Crippen LogP contribution in [0.25, 0.3) is 0 Å². The van der Waals surface area contributed by atoms with Gasteiger partial charge in [-0.25, -0.2) is 0 Å². The molecule has 0 aliphatic heterocycles. The number of nitrogens with one attached hydrogen (secondary N) is 2. The van der Waals surface area contributed by atoms with Gasteiger partial charge in [-0.15, -0.1) is 0 Å². The van der Waals surface area contributed by atoms with Crippen LogP contribution in [-0.4, -0.2) is 42.8 Å². The molecule has 0 unspecified atom stereocenters. The van der Waals surface area contributed by atoms with Gasteiger partial charge in [-0.2, -0.15) is 0 Å². The third-order valence-electron chi connectivity index (χ3n) is 5.93. The second kappa shape index (κ2) is 14.4. The second-order valence-electron chi connectivity index (χ2n) is 8.85. The molecule has 0 aliphatic carbocycles. The monoisotopic (exact) mass is 501 g/mol. The highest BCUT2D eigenvalue weighted by molar-refractivity contribution is 5.98. The number of carbonyl (C=O) groups is 3. The number of hydrogen-bond acceptors (Lipinski definition) is 4. The first-order chi connectivity index (χ1) is 18.0. The zero-order valence-electron chi connectivity index (χ0n) is 21.5. The van der Waals surface area contributed by atoms with Crippen molar-refractivity contribution in [3.05, 3.63) is 95.6 Å². The number of benzene rings is 3. The van der Waals surface area contributed by atoms with Crippen LogP contribution in [0, 0.1) is 0 Å². The standard InChI is InChI=1S/C30H35N3O4/c1-3-4-6-9-23-12-14-25(15-13-23)30(36)33(21-24-10-7-5-8-11-24)22-29(35)31-20-28(34)32-26-16-18-27(37-2)19-17-26/h5,7-8,10-19H,3-4,6,9,20-22H2,1-2H3,(H,31,35)(H,32,34). The molecule has 7 heteroatoms. The maximum Gasteiger partial charge on any atom is 0.254 e. The molecule has 3 rings (SSSR count). The molecule has 3 aromatic carbocycles. The lowest BCUT2D eigenvalue weighted by molar-refractivity contribution is -0.124. The van der Waals surface area contributed by atoms with Crippen molar-refractivity contribution in [3.63, 3.8) is 0 Å². The summed E-state index contributed by atoms with van der Waals surface area (Å²) in [6.07, 6.45) is 4.45. The highest BCUT2D eigenvalue weighted by atomic mass is 16.5. The lowest BCUT2D eigenvalue weighted by Crippen LogP contribution is -2.42. The number of amides is 3. The number of nitrogens with zero attached hydrogens (tertiary/aromatic N) is 1. The lowest BCUT2D eigenvalue weighted by atomic mass is 10.0. The summed E-state index contributed by atoms with van der Waals surface area (Å²) < 4.78 is 5.11. The zero-order chi connectivity index (χ0) is 26.5. The summed E-state index contributed by atoms with van der Waals surface area (Å²) in [7, 11) is 1.57. The molecule has 2 N–H and O–H groups in total. The number of hydrogen-bond donors (Lipinski definition) is 2. The Hall–Kier alpha value is -4.13. The molecule has 3 aromatic rings. The molecule has 0 spiro atoms. The van der Waals surface area contributed by atoms with Gasteiger partial charge in [-0.05, 0) is 60.4 Å². The van der Waals surface area contributed by atoms with Crippen molar-refractivity contribution < 1.29 is 19.1 Å². The van der Waals surface area contributed by atoms with Gasteiger partial charge in [0, 0.05) is 17.8 Å². The summed E-state index contributed by atoms with van der Waals surface area (Å²) in [5.41, 5.74) is 3.23. The van der Waals surface area contributed by atoms with Gasteiger partial charge in [0.15, 0.2) is 0 Å². The Balaban J connectivity index is 1.60. The SMILES string of the molecule is CCCCCc1ccc(C(=O)N(CC(=O)NCC(=O)Nc2ccc(OC)cc2)Cc2ccccc2)cc1. The Morgan fingerprint density at radius 1 is 0.811 bits per heavy atom. The number of methoxy groups -OCH3 is 1. The molecule has 0 atom stereocenters. The van der Waals surface area contributed by atoms with Gasteiger partial charge in [-0.1, -0.05) is 62.2 Å². The van der Waals surface area contributed by atoms with Gasteiger partial charge < -0.3 is 20.3 Å². The summed E-state index contributed by atoms with van der Waals surface area (Å²) in [6.45, 7) is 2.09. The van der Waals surface area contributed by atoms with Crippen LogP contribution in [0.4, 0.5) is 5.69 Å². The average molecular weight is 502 g/mol. The minimum Gasteiger partial charge on any atom is -0.497 e. The highest BCUT2D eigenvalue weighted by Crippen LogP contribution is 2.15. The van der Waals surface area contributed by atoms with E-state index in [4.69, 9.17) is 4.74 Å². The minimum atomic E-state index is -0.412. The van der Waals surface area contributed by atoms with Crippen LogP contribution in [-0.2, 0) is 22.6 Å². The van der Waals surface area contributed by atoms with E-state index in [2.05, 4.69) is 17.6 Å². The van der Waals surface area contributed by atoms with Crippen molar-refractivity contribution in [1.82, 2.24) is 10.2 Å². The van der Waals surface area contributed by atoms with Crippen LogP contribution >= 0.6 is 0 Å². The maximum absolute atomic E-state index is 13.3. The first-order valence-electron chi connectivity index (χ1n) is 12.6. The number of carbonyl (C=O) groups excluding carboxylic acids is 3. The zero-order valence-corrected chi connectivity index (χ0v) is 21.5. The molecule has 7 nitrogen and oxygen atoms in total. The Bertz CT molecular complexity index is 1150. The Morgan fingerprint density at radius 3 is 2.16 bits per heavy atom. The summed E-state index contributed by atoms with van der Waals surface area (Å²) in [4.78, 5) is 39.9. The van der Waals surface area contributed by atoms with E-state index < -0.39 is 5.91 Å². The molecule has 0 radical (unpaired) electrons. The number of unbranched alkanes of at least 4 members (excludes halogenated alkanes) is 2. The number of anilines is 1. The van der Waals surface area contributed by atoms with E-state index in [0.29, 0.717) is 17.0 Å². The van der Waals surface area contributed by atoms with Crippen LogP contribution in [0.1, 0.15) is 47.7 Å². The normalized spacial score (nSPS) is 10.4. The molecule has 0 aliphatic rings. The van der Waals surface area contributed by atoms with E-state index in [0.717, 1.165) is 24.8 Å². The van der Waals surface area contributed by atoms with E-state index in [9.17, 15) is 14.4 Å². The van der Waals surface area contributed by atoms with E-state index in [1.54, 1.807) is 31.4 Å². The summed E-state index contributed by atoms with van der Waals surface area (Å²) in [5.74, 6) is -0.328. The molecule has 37 heavy (non-hydrogen) atoms. The molecule has 0 fully saturated rings. The molecule has 0 bridgehead atoms. The topological polar surface area (TPSA) is 87.7 Å². The average Bonchev–Trinajstić information content (AvgIpc) is 2.93. The third-order valence-corrected chi connectivity index (χ3v) is 5.93. The smallest absolute Gasteiger partial charge is 0.254 e. The van der Waals surface area contributed by atoms with Crippen LogP contribution in [0.2, 0.25) is 0 Å². The van der Waals surface area contributed by atoms with Crippen molar-refractivity contribution in [1.29, 1.82) is 0 Å². The van der Waals surface area contributed by atoms with Gasteiger partial charge >= 0.3 is 0 Å². The molecule has 0 saturated carbocycles. The number of ether oxygens (including phenoxy) is 1. The van der Waals surface area contributed by atoms with Crippen molar-refractivity contribution in [2.24, 2.45) is 0 Å². The van der Waals surface area contributed by atoms with E-state index in [-0.39, 0.29) is 31.4 Å². The van der Waals surface area contributed by atoms with E-state index >= 15 is 0 Å². The first kappa shape index (κ1) is 27.5. The molecule has 0 saturated heterocycles. The van der Waals surface area contributed by atoms with E-state index in [1.165, 1.54) is 16.9 Å². The lowest BCUT2D eigenvalue weighted by Gasteiger charge is -2.22. The number of rotatable bonds is 13. The van der Waals surface area contributed by atoms with Crippen LogP contribution in [0.5, 0.6) is 5.75 Å². The van der Waals surface area contributed by atoms with Crippen molar-refractivity contribution in [2.75, 3.05) is 25.5 Å². The van der Waals surface area contributed by atoms with Gasteiger partial charge in [0.1, 0.15) is 12.3 Å². The van der Waals surface area contributed by atoms with Crippen LogP contribution < -0.4 is 15.4 Å². The predicted octanol–water partition coefficient (Wildman–Crippen LogP) is 4.83. The van der Waals surface area contributed by atoms with E-state index in [1.807, 2.05) is 54.6 Å². The molecular weight excluding hydrogens is 466 g/mol. The first-order valence-corrected chi connectivity index (χ1v) is 12.6. The van der Waals surface area contributed by atoms with Crippen molar-refractivity contribution >= 4 is 23.4 Å². The summed E-state index contributed by atoms with van der Waals surface area (Å²) >= 11 is 0. The Labute approximate surface area is 218 Å². The van der Waals surface area contributed by atoms with Crippen molar-refractivity contribution in [3.8, 4) is 5.75 Å². The maximum atomic E-state index is 13.3. The Kier molecular flexibility index (Phi) is 10.7. The van der Waals surface area contributed by atoms with Crippen LogP contribution in [0.3, 0.4) is 0 Å². The van der Waals surface area contributed by atoms with Gasteiger partial charge in [0.05, 0.1) is 13.7 Å². The van der Waals surface area contributed by atoms with Crippen molar-refractivity contribution in [2.45, 2.75) is 39.2 Å². The fourth-order valence-electron chi connectivity index (χ4n) is 3.87. The fraction of sp³-hybridized carbons (Fsp3) is 0.300. The molecule has 3 amide bonds. The highest BCUT2D eigenvalue weighted by Gasteiger charge is 2.20.